The number of anilines is 1. The molecule has 0 bridgehead atoms. The average Bonchev–Trinajstić information content (AvgIpc) is 3.52. The van der Waals surface area contributed by atoms with Gasteiger partial charge in [-0.2, -0.15) is 5.10 Å². The zero-order chi connectivity index (χ0) is 25.7. The lowest BCUT2D eigenvalue weighted by Gasteiger charge is -2.35. The average molecular weight is 499 g/mol. The van der Waals surface area contributed by atoms with Gasteiger partial charge in [-0.15, -0.1) is 0 Å². The first-order valence-corrected chi connectivity index (χ1v) is 12.4. The maximum atomic E-state index is 12.5. The molecule has 3 N–H and O–H groups in total. The number of methoxy groups -OCH3 is 1. The van der Waals surface area contributed by atoms with Crippen LogP contribution in [0.5, 0.6) is 5.88 Å². The summed E-state index contributed by atoms with van der Waals surface area (Å²) in [6, 6.07) is 5.26. The number of nitrogens with zero attached hydrogens (tertiary/aromatic N) is 4. The molecular weight excluding hydrogens is 464 g/mol. The van der Waals surface area contributed by atoms with Crippen LogP contribution in [-0.2, 0) is 16.0 Å². The number of carbonyl (C=O) groups is 3. The molecule has 2 aromatic heterocycles. The van der Waals surface area contributed by atoms with Crippen LogP contribution < -0.4 is 10.1 Å². The molecule has 0 spiro atoms. The monoisotopic (exact) mass is 498 g/mol. The van der Waals surface area contributed by atoms with Gasteiger partial charge in [-0.05, 0) is 49.7 Å². The van der Waals surface area contributed by atoms with Crippen LogP contribution in [0.15, 0.2) is 24.4 Å². The fraction of sp³-hybridized carbons (Fsp3) is 0.560. The minimum atomic E-state index is -0.889. The summed E-state index contributed by atoms with van der Waals surface area (Å²) in [7, 11) is 1.53. The van der Waals surface area contributed by atoms with E-state index in [9.17, 15) is 19.5 Å². The molecule has 36 heavy (non-hydrogen) atoms. The first kappa shape index (κ1) is 25.5. The SMILES string of the molecule is COc1cc(CC(=O)Nc2cc([C@@H]3CC[C@H](N(CC4CCN(C(C)=O)CC4)C(=O)O)C3)[nH]n2)ccn1. The Morgan fingerprint density at radius 3 is 2.69 bits per heavy atom. The van der Waals surface area contributed by atoms with E-state index in [1.54, 1.807) is 30.2 Å². The minimum Gasteiger partial charge on any atom is -0.481 e. The number of nitrogens with one attached hydrogen (secondary N) is 2. The Balaban J connectivity index is 1.30. The number of hydrogen-bond acceptors (Lipinski definition) is 6. The van der Waals surface area contributed by atoms with Crippen molar-refractivity contribution in [3.63, 3.8) is 0 Å². The zero-order valence-electron chi connectivity index (χ0n) is 20.8. The van der Waals surface area contributed by atoms with Crippen LogP contribution in [0.4, 0.5) is 10.6 Å². The summed E-state index contributed by atoms with van der Waals surface area (Å²) >= 11 is 0. The highest BCUT2D eigenvalue weighted by molar-refractivity contribution is 5.91. The molecule has 11 nitrogen and oxygen atoms in total. The number of likely N-dealkylation sites (tertiary alicyclic amines) is 1. The third-order valence-electron chi connectivity index (χ3n) is 7.28. The highest BCUT2D eigenvalue weighted by atomic mass is 16.5. The predicted octanol–water partition coefficient (Wildman–Crippen LogP) is 2.87. The van der Waals surface area contributed by atoms with E-state index in [4.69, 9.17) is 4.74 Å². The second-order valence-electron chi connectivity index (χ2n) is 9.69. The predicted molar refractivity (Wildman–Crippen MR) is 132 cm³/mol. The van der Waals surface area contributed by atoms with Gasteiger partial charge in [0.15, 0.2) is 5.82 Å². The highest BCUT2D eigenvalue weighted by Crippen LogP contribution is 2.37. The van der Waals surface area contributed by atoms with E-state index in [1.807, 2.05) is 11.0 Å². The number of piperidine rings is 1. The number of ether oxygens (including phenoxy) is 1. The summed E-state index contributed by atoms with van der Waals surface area (Å²) in [6.45, 7) is 3.46. The minimum absolute atomic E-state index is 0.0543. The van der Waals surface area contributed by atoms with Crippen molar-refractivity contribution in [2.45, 2.75) is 57.4 Å². The van der Waals surface area contributed by atoms with Gasteiger partial charge in [0.2, 0.25) is 17.7 Å². The Labute approximate surface area is 210 Å². The van der Waals surface area contributed by atoms with Crippen molar-refractivity contribution in [1.82, 2.24) is 25.0 Å². The lowest BCUT2D eigenvalue weighted by molar-refractivity contribution is -0.130. The third kappa shape index (κ3) is 6.32. The molecule has 2 aliphatic rings. The van der Waals surface area contributed by atoms with Gasteiger partial charge in [-0.25, -0.2) is 9.78 Å². The summed E-state index contributed by atoms with van der Waals surface area (Å²) < 4.78 is 5.10. The van der Waals surface area contributed by atoms with Gasteiger partial charge < -0.3 is 25.0 Å². The maximum absolute atomic E-state index is 12.5. The highest BCUT2D eigenvalue weighted by Gasteiger charge is 2.35. The Morgan fingerprint density at radius 1 is 1.22 bits per heavy atom. The van der Waals surface area contributed by atoms with Crippen LogP contribution in [0.2, 0.25) is 0 Å². The van der Waals surface area contributed by atoms with Crippen molar-refractivity contribution < 1.29 is 24.2 Å². The van der Waals surface area contributed by atoms with Crippen LogP contribution in [0.1, 0.15) is 56.2 Å². The normalized spacial score (nSPS) is 20.2. The van der Waals surface area contributed by atoms with E-state index in [0.29, 0.717) is 37.8 Å². The van der Waals surface area contributed by atoms with Crippen LogP contribution in [0.3, 0.4) is 0 Å². The number of pyridine rings is 1. The van der Waals surface area contributed by atoms with Crippen molar-refractivity contribution in [1.29, 1.82) is 0 Å². The molecule has 2 fully saturated rings. The van der Waals surface area contributed by atoms with Crippen molar-refractivity contribution in [2.24, 2.45) is 5.92 Å². The number of rotatable bonds is 8. The fourth-order valence-corrected chi connectivity index (χ4v) is 5.27. The topological polar surface area (TPSA) is 141 Å². The molecule has 1 saturated heterocycles. The van der Waals surface area contributed by atoms with Gasteiger partial charge in [-0.3, -0.25) is 14.7 Å². The van der Waals surface area contributed by atoms with Gasteiger partial charge in [0, 0.05) is 62.5 Å². The maximum Gasteiger partial charge on any atom is 0.407 e. The molecule has 3 amide bonds. The van der Waals surface area contributed by atoms with E-state index < -0.39 is 6.09 Å². The van der Waals surface area contributed by atoms with E-state index in [2.05, 4.69) is 20.5 Å². The van der Waals surface area contributed by atoms with E-state index >= 15 is 0 Å². The molecule has 2 aromatic rings. The van der Waals surface area contributed by atoms with E-state index in [0.717, 1.165) is 36.9 Å². The number of amides is 3. The van der Waals surface area contributed by atoms with Gasteiger partial charge in [0.25, 0.3) is 0 Å². The van der Waals surface area contributed by atoms with Crippen molar-refractivity contribution in [3.8, 4) is 5.88 Å². The summed E-state index contributed by atoms with van der Waals surface area (Å²) in [6.07, 6.45) is 4.89. The molecule has 0 aromatic carbocycles. The molecule has 0 radical (unpaired) electrons. The second-order valence-corrected chi connectivity index (χ2v) is 9.69. The fourth-order valence-electron chi connectivity index (χ4n) is 5.27. The lowest BCUT2D eigenvalue weighted by Crippen LogP contribution is -2.45. The first-order valence-electron chi connectivity index (χ1n) is 12.4. The number of carboxylic acid groups (broad SMARTS) is 1. The molecule has 0 unspecified atom stereocenters. The molecule has 11 heteroatoms. The van der Waals surface area contributed by atoms with Crippen LogP contribution >= 0.6 is 0 Å². The zero-order valence-corrected chi connectivity index (χ0v) is 20.8. The summed E-state index contributed by atoms with van der Waals surface area (Å²) in [5.74, 6) is 1.21. The first-order chi connectivity index (χ1) is 17.3. The Hall–Kier alpha value is -3.63. The lowest BCUT2D eigenvalue weighted by atomic mass is 9.95. The Morgan fingerprint density at radius 2 is 2.00 bits per heavy atom. The molecule has 194 valence electrons. The van der Waals surface area contributed by atoms with Crippen molar-refractivity contribution >= 4 is 23.7 Å². The number of aromatic nitrogens is 3. The van der Waals surface area contributed by atoms with Crippen molar-refractivity contribution in [2.75, 3.05) is 32.1 Å². The molecule has 1 aliphatic heterocycles. The number of hydrogen-bond donors (Lipinski definition) is 3. The molecule has 3 heterocycles. The third-order valence-corrected chi connectivity index (χ3v) is 7.28. The van der Waals surface area contributed by atoms with Crippen LogP contribution in [0.25, 0.3) is 0 Å². The van der Waals surface area contributed by atoms with Gasteiger partial charge >= 0.3 is 6.09 Å². The quantitative estimate of drug-likeness (QED) is 0.508. The Kier molecular flexibility index (Phi) is 8.07. The van der Waals surface area contributed by atoms with Gasteiger partial charge in [-0.1, -0.05) is 0 Å². The van der Waals surface area contributed by atoms with Crippen molar-refractivity contribution in [3.05, 3.63) is 35.7 Å². The molecule has 2 atom stereocenters. The summed E-state index contributed by atoms with van der Waals surface area (Å²) in [5, 5.41) is 20.0. The standard InChI is InChI=1S/C25H34N6O5/c1-16(32)30-9-6-17(7-10-30)15-31(25(34)35)20-4-3-19(13-20)21-14-22(29-28-21)27-23(33)11-18-5-8-26-24(12-18)36-2/h5,8,12,14,17,19-20H,3-4,6-7,9-11,13,15H2,1-2H3,(H,34,35)(H2,27,28,29,33)/t19-,20+/m1/s1. The van der Waals surface area contributed by atoms with E-state index in [1.165, 1.54) is 7.11 Å². The molecule has 4 rings (SSSR count). The Bertz CT molecular complexity index is 1080. The number of aromatic amines is 1. The molecule has 1 saturated carbocycles. The molecular formula is C25H34N6O5. The second kappa shape index (κ2) is 11.4. The number of H-pyrrole nitrogens is 1. The van der Waals surface area contributed by atoms with E-state index in [-0.39, 0.29) is 36.1 Å². The van der Waals surface area contributed by atoms with Crippen LogP contribution in [-0.4, -0.2) is 80.8 Å². The smallest absolute Gasteiger partial charge is 0.407 e. The summed E-state index contributed by atoms with van der Waals surface area (Å²) in [4.78, 5) is 43.6. The number of carbonyl (C=O) groups excluding carboxylic acids is 2. The van der Waals surface area contributed by atoms with Gasteiger partial charge in [0.1, 0.15) is 0 Å². The molecule has 1 aliphatic carbocycles. The largest absolute Gasteiger partial charge is 0.481 e. The summed E-state index contributed by atoms with van der Waals surface area (Å²) in [5.41, 5.74) is 1.69. The van der Waals surface area contributed by atoms with Crippen LogP contribution in [0, 0.1) is 5.92 Å². The van der Waals surface area contributed by atoms with Gasteiger partial charge in [0.05, 0.1) is 13.5 Å².